The second-order valence-corrected chi connectivity index (χ2v) is 6.95. The first kappa shape index (κ1) is 22.0. The van der Waals surface area contributed by atoms with Crippen LogP contribution >= 0.6 is 24.0 Å². The van der Waals surface area contributed by atoms with Gasteiger partial charge in [0.2, 0.25) is 0 Å². The molecule has 2 atom stereocenters. The van der Waals surface area contributed by atoms with Gasteiger partial charge in [-0.3, -0.25) is 4.99 Å². The molecule has 2 rings (SSSR count). The molecule has 1 aliphatic carbocycles. The predicted molar refractivity (Wildman–Crippen MR) is 110 cm³/mol. The summed E-state index contributed by atoms with van der Waals surface area (Å²) in [4.78, 5) is 6.90. The molecule has 0 aromatic rings. The van der Waals surface area contributed by atoms with Crippen LogP contribution in [0.3, 0.4) is 0 Å². The highest BCUT2D eigenvalue weighted by molar-refractivity contribution is 14.0. The van der Waals surface area contributed by atoms with Gasteiger partial charge in [-0.05, 0) is 44.4 Å². The van der Waals surface area contributed by atoms with E-state index in [4.69, 9.17) is 9.47 Å². The van der Waals surface area contributed by atoms with Gasteiger partial charge >= 0.3 is 0 Å². The van der Waals surface area contributed by atoms with Crippen LogP contribution in [0.2, 0.25) is 0 Å². The molecule has 6 heteroatoms. The van der Waals surface area contributed by atoms with E-state index in [1.54, 1.807) is 0 Å². The topological polar surface area (TPSA) is 46.1 Å². The van der Waals surface area contributed by atoms with Crippen molar-refractivity contribution in [1.82, 2.24) is 10.2 Å². The number of halogens is 1. The van der Waals surface area contributed by atoms with E-state index in [1.807, 2.05) is 7.05 Å². The molecule has 0 bridgehead atoms. The van der Waals surface area contributed by atoms with E-state index in [-0.39, 0.29) is 24.0 Å². The van der Waals surface area contributed by atoms with Crippen molar-refractivity contribution in [3.8, 4) is 0 Å². The predicted octanol–water partition coefficient (Wildman–Crippen LogP) is 3.28. The summed E-state index contributed by atoms with van der Waals surface area (Å²) in [5, 5.41) is 3.62. The molecular weight excluding hydrogens is 417 g/mol. The molecule has 2 aliphatic rings. The molecule has 1 heterocycles. The Bertz CT molecular complexity index is 376. The van der Waals surface area contributed by atoms with Crippen LogP contribution in [-0.4, -0.2) is 63.0 Å². The standard InChI is InChI=1S/C18H35N3O2.HI/c1-5-15-12-21(13-16(6-2)23-15)17(19-4)20-14-18(8-9-18)10-11-22-7-3;/h15-16H,5-14H2,1-4H3,(H,19,20);1H. The second kappa shape index (κ2) is 10.8. The third-order valence-corrected chi connectivity index (χ3v) is 5.21. The number of nitrogens with zero attached hydrogens (tertiary/aromatic N) is 2. The number of hydrogen-bond acceptors (Lipinski definition) is 3. The molecule has 2 fully saturated rings. The molecular formula is C18H36IN3O2. The van der Waals surface area contributed by atoms with Crippen molar-refractivity contribution in [2.75, 3.05) is 39.9 Å². The minimum Gasteiger partial charge on any atom is -0.382 e. The summed E-state index contributed by atoms with van der Waals surface area (Å²) in [5.41, 5.74) is 0.436. The molecule has 142 valence electrons. The van der Waals surface area contributed by atoms with Crippen LogP contribution in [0.4, 0.5) is 0 Å². The average Bonchev–Trinajstić information content (AvgIpc) is 3.35. The first-order chi connectivity index (χ1) is 11.2. The van der Waals surface area contributed by atoms with Crippen molar-refractivity contribution in [3.63, 3.8) is 0 Å². The van der Waals surface area contributed by atoms with E-state index in [0.29, 0.717) is 17.6 Å². The highest BCUT2D eigenvalue weighted by Gasteiger charge is 2.42. The molecule has 1 saturated heterocycles. The molecule has 24 heavy (non-hydrogen) atoms. The summed E-state index contributed by atoms with van der Waals surface area (Å²) in [6.07, 6.45) is 6.53. The number of morpholine rings is 1. The first-order valence-electron chi connectivity index (χ1n) is 9.35. The third-order valence-electron chi connectivity index (χ3n) is 5.21. The Kier molecular flexibility index (Phi) is 9.89. The van der Waals surface area contributed by atoms with Gasteiger partial charge in [0.1, 0.15) is 0 Å². The van der Waals surface area contributed by atoms with Gasteiger partial charge in [0.05, 0.1) is 12.2 Å². The highest BCUT2D eigenvalue weighted by Crippen LogP contribution is 2.48. The summed E-state index contributed by atoms with van der Waals surface area (Å²) in [6, 6.07) is 0. The zero-order valence-electron chi connectivity index (χ0n) is 15.8. The third kappa shape index (κ3) is 6.33. The fourth-order valence-electron chi connectivity index (χ4n) is 3.27. The maximum atomic E-state index is 6.09. The van der Waals surface area contributed by atoms with Crippen LogP contribution in [0.25, 0.3) is 0 Å². The van der Waals surface area contributed by atoms with Crippen LogP contribution in [0.1, 0.15) is 52.9 Å². The van der Waals surface area contributed by atoms with Crippen LogP contribution in [0.5, 0.6) is 0 Å². The van der Waals surface area contributed by atoms with Crippen LogP contribution in [-0.2, 0) is 9.47 Å². The summed E-state index contributed by atoms with van der Waals surface area (Å²) in [6.45, 7) is 11.1. The largest absolute Gasteiger partial charge is 0.382 e. The van der Waals surface area contributed by atoms with Gasteiger partial charge < -0.3 is 19.7 Å². The quantitative estimate of drug-likeness (QED) is 0.265. The number of ether oxygens (including phenoxy) is 2. The maximum Gasteiger partial charge on any atom is 0.193 e. The summed E-state index contributed by atoms with van der Waals surface area (Å²) in [7, 11) is 1.89. The molecule has 0 radical (unpaired) electrons. The van der Waals surface area contributed by atoms with Crippen molar-refractivity contribution in [3.05, 3.63) is 0 Å². The molecule has 1 aliphatic heterocycles. The fourth-order valence-corrected chi connectivity index (χ4v) is 3.27. The second-order valence-electron chi connectivity index (χ2n) is 6.95. The normalized spacial score (nSPS) is 26.0. The number of aliphatic imine (C=N–C) groups is 1. The molecule has 1 N–H and O–H groups in total. The minimum absolute atomic E-state index is 0. The van der Waals surface area contributed by atoms with E-state index in [9.17, 15) is 0 Å². The lowest BCUT2D eigenvalue weighted by Gasteiger charge is -2.39. The molecule has 2 unspecified atom stereocenters. The van der Waals surface area contributed by atoms with Crippen LogP contribution in [0.15, 0.2) is 4.99 Å². The van der Waals surface area contributed by atoms with Crippen molar-refractivity contribution in [1.29, 1.82) is 0 Å². The Balaban J connectivity index is 0.00000288. The highest BCUT2D eigenvalue weighted by atomic mass is 127. The van der Waals surface area contributed by atoms with Gasteiger partial charge in [-0.1, -0.05) is 13.8 Å². The molecule has 0 aromatic heterocycles. The van der Waals surface area contributed by atoms with E-state index >= 15 is 0 Å². The van der Waals surface area contributed by atoms with Gasteiger partial charge in [-0.15, -0.1) is 24.0 Å². The lowest BCUT2D eigenvalue weighted by molar-refractivity contribution is -0.0695. The van der Waals surface area contributed by atoms with Crippen molar-refractivity contribution < 1.29 is 9.47 Å². The smallest absolute Gasteiger partial charge is 0.193 e. The van der Waals surface area contributed by atoms with Crippen molar-refractivity contribution in [2.45, 2.75) is 65.1 Å². The zero-order chi connectivity index (χ0) is 16.7. The summed E-state index contributed by atoms with van der Waals surface area (Å²) in [5.74, 6) is 1.04. The monoisotopic (exact) mass is 453 g/mol. The lowest BCUT2D eigenvalue weighted by atomic mass is 10.0. The van der Waals surface area contributed by atoms with E-state index in [2.05, 4.69) is 36.0 Å². The van der Waals surface area contributed by atoms with Gasteiger partial charge in [-0.25, -0.2) is 0 Å². The molecule has 0 amide bonds. The Morgan fingerprint density at radius 1 is 1.21 bits per heavy atom. The lowest BCUT2D eigenvalue weighted by Crippen LogP contribution is -2.54. The summed E-state index contributed by atoms with van der Waals surface area (Å²) < 4.78 is 11.6. The van der Waals surface area contributed by atoms with E-state index in [1.165, 1.54) is 12.8 Å². The van der Waals surface area contributed by atoms with Gasteiger partial charge in [0.15, 0.2) is 5.96 Å². The SMILES string of the molecule is CCOCCC1(CNC(=NC)N2CC(CC)OC(CC)C2)CC1.I. The molecule has 0 spiro atoms. The Labute approximate surface area is 165 Å². The fraction of sp³-hybridized carbons (Fsp3) is 0.944. The van der Waals surface area contributed by atoms with Crippen LogP contribution < -0.4 is 5.32 Å². The average molecular weight is 453 g/mol. The van der Waals surface area contributed by atoms with Gasteiger partial charge in [-0.2, -0.15) is 0 Å². The Morgan fingerprint density at radius 3 is 2.29 bits per heavy atom. The molecule has 0 aromatic carbocycles. The van der Waals surface area contributed by atoms with Crippen molar-refractivity contribution in [2.24, 2.45) is 10.4 Å². The molecule has 5 nitrogen and oxygen atoms in total. The van der Waals surface area contributed by atoms with Gasteiger partial charge in [0, 0.05) is 39.9 Å². The van der Waals surface area contributed by atoms with Crippen LogP contribution in [0, 0.1) is 5.41 Å². The number of hydrogen-bond donors (Lipinski definition) is 1. The zero-order valence-corrected chi connectivity index (χ0v) is 18.2. The molecule has 1 saturated carbocycles. The summed E-state index contributed by atoms with van der Waals surface area (Å²) >= 11 is 0. The minimum atomic E-state index is 0. The number of nitrogens with one attached hydrogen (secondary N) is 1. The van der Waals surface area contributed by atoms with E-state index < -0.39 is 0 Å². The Morgan fingerprint density at radius 2 is 1.83 bits per heavy atom. The van der Waals surface area contributed by atoms with Crippen molar-refractivity contribution >= 4 is 29.9 Å². The van der Waals surface area contributed by atoms with Gasteiger partial charge in [0.25, 0.3) is 0 Å². The Hall–Kier alpha value is -0.0800. The first-order valence-corrected chi connectivity index (χ1v) is 9.35. The van der Waals surface area contributed by atoms with E-state index in [0.717, 1.165) is 58.1 Å². The number of rotatable bonds is 8. The maximum absolute atomic E-state index is 6.09. The number of guanidine groups is 1.